The second kappa shape index (κ2) is 11.8. The maximum absolute atomic E-state index is 12.7. The van der Waals surface area contributed by atoms with Crippen LogP contribution >= 0.6 is 39.0 Å². The van der Waals surface area contributed by atoms with E-state index in [4.69, 9.17) is 4.74 Å². The first-order chi connectivity index (χ1) is 18.5. The van der Waals surface area contributed by atoms with E-state index in [9.17, 15) is 9.59 Å². The van der Waals surface area contributed by atoms with E-state index in [1.165, 1.54) is 23.1 Å². The van der Waals surface area contributed by atoms with Gasteiger partial charge in [-0.3, -0.25) is 14.2 Å². The molecular formula is C26H21BrN6O3S2. The highest BCUT2D eigenvalue weighted by atomic mass is 79.9. The van der Waals surface area contributed by atoms with Gasteiger partial charge in [0, 0.05) is 15.7 Å². The number of fused-ring (bicyclic) bond motifs is 1. The molecule has 2 heterocycles. The summed E-state index contributed by atoms with van der Waals surface area (Å²) in [7, 11) is 1.55. The molecule has 192 valence electrons. The number of thioether (sulfide) groups is 1. The number of nitrogens with zero attached hydrogens (tertiary/aromatic N) is 4. The molecule has 0 atom stereocenters. The third kappa shape index (κ3) is 6.04. The Morgan fingerprint density at radius 3 is 2.66 bits per heavy atom. The normalized spacial score (nSPS) is 10.9. The Labute approximate surface area is 234 Å². The zero-order chi connectivity index (χ0) is 26.5. The van der Waals surface area contributed by atoms with Gasteiger partial charge in [0.05, 0.1) is 29.6 Å². The summed E-state index contributed by atoms with van der Waals surface area (Å²) in [5.41, 5.74) is 2.12. The highest BCUT2D eigenvalue weighted by Gasteiger charge is 2.18. The number of nitrogens with one attached hydrogen (secondary N) is 2. The topological polar surface area (TPSA) is 111 Å². The van der Waals surface area contributed by atoms with Crippen molar-refractivity contribution in [3.63, 3.8) is 0 Å². The van der Waals surface area contributed by atoms with Gasteiger partial charge in [-0.25, -0.2) is 4.98 Å². The number of carbonyl (C=O) groups is 2. The number of methoxy groups -OCH3 is 1. The Balaban J connectivity index is 1.31. The minimum Gasteiger partial charge on any atom is -0.497 e. The Hall–Kier alpha value is -3.74. The molecule has 2 aromatic heterocycles. The lowest BCUT2D eigenvalue weighted by molar-refractivity contribution is -0.113. The van der Waals surface area contributed by atoms with E-state index in [2.05, 4.69) is 41.7 Å². The maximum atomic E-state index is 12.7. The summed E-state index contributed by atoms with van der Waals surface area (Å²) in [6.07, 6.45) is 0. The van der Waals surface area contributed by atoms with Crippen LogP contribution in [0.5, 0.6) is 5.75 Å². The zero-order valence-corrected chi connectivity index (χ0v) is 23.3. The average molecular weight is 610 g/mol. The summed E-state index contributed by atoms with van der Waals surface area (Å²) in [5.74, 6) is 0.767. The van der Waals surface area contributed by atoms with Crippen molar-refractivity contribution in [1.82, 2.24) is 25.1 Å². The number of para-hydroxylation sites is 1. The zero-order valence-electron chi connectivity index (χ0n) is 20.1. The Bertz CT molecular complexity index is 1570. The number of amides is 2. The fraction of sp³-hybridized carbons (Fsp3) is 0.115. The van der Waals surface area contributed by atoms with E-state index in [1.54, 1.807) is 31.4 Å². The van der Waals surface area contributed by atoms with Crippen LogP contribution in [-0.4, -0.2) is 44.4 Å². The Kier molecular flexibility index (Phi) is 8.01. The van der Waals surface area contributed by atoms with E-state index >= 15 is 0 Å². The summed E-state index contributed by atoms with van der Waals surface area (Å²) in [4.78, 5) is 29.9. The number of benzene rings is 3. The van der Waals surface area contributed by atoms with Crippen LogP contribution in [0, 0.1) is 0 Å². The summed E-state index contributed by atoms with van der Waals surface area (Å²) in [6.45, 7) is 0.136. The van der Waals surface area contributed by atoms with Crippen molar-refractivity contribution in [3.8, 4) is 11.4 Å². The molecule has 0 bridgehead atoms. The molecule has 9 nitrogen and oxygen atoms in total. The van der Waals surface area contributed by atoms with Gasteiger partial charge in [-0.05, 0) is 54.6 Å². The number of hydrogen-bond acceptors (Lipinski definition) is 8. The van der Waals surface area contributed by atoms with Crippen molar-refractivity contribution < 1.29 is 14.3 Å². The molecule has 0 aliphatic rings. The van der Waals surface area contributed by atoms with Gasteiger partial charge >= 0.3 is 0 Å². The molecule has 0 saturated heterocycles. The molecular weight excluding hydrogens is 588 g/mol. The van der Waals surface area contributed by atoms with Gasteiger partial charge in [0.2, 0.25) is 5.91 Å². The van der Waals surface area contributed by atoms with Crippen molar-refractivity contribution in [3.05, 3.63) is 88.7 Å². The Morgan fingerprint density at radius 2 is 1.87 bits per heavy atom. The molecule has 38 heavy (non-hydrogen) atoms. The van der Waals surface area contributed by atoms with Gasteiger partial charge in [0.15, 0.2) is 16.1 Å². The van der Waals surface area contributed by atoms with Gasteiger partial charge < -0.3 is 15.4 Å². The quantitative estimate of drug-likeness (QED) is 0.218. The number of halogens is 1. The van der Waals surface area contributed by atoms with Gasteiger partial charge in [0.25, 0.3) is 5.91 Å². The molecule has 2 amide bonds. The number of ether oxygens (including phenoxy) is 1. The van der Waals surface area contributed by atoms with E-state index in [0.29, 0.717) is 27.4 Å². The standard InChI is InChI=1S/C26H21BrN6O3S2/c1-36-19-6-4-5-16(13-19)24(35)28-14-22-31-32-26(33(22)18-11-9-17(27)10-12-18)37-15-23(34)30-25-29-20-7-2-3-8-21(20)38-25/h2-13H,14-15H2,1H3,(H,28,35)(H,29,30,34). The number of carbonyl (C=O) groups excluding carboxylic acids is 2. The second-order valence-electron chi connectivity index (χ2n) is 7.95. The summed E-state index contributed by atoms with van der Waals surface area (Å²) in [5, 5.41) is 15.4. The average Bonchev–Trinajstić information content (AvgIpc) is 3.54. The summed E-state index contributed by atoms with van der Waals surface area (Å²) >= 11 is 6.13. The Morgan fingerprint density at radius 1 is 1.05 bits per heavy atom. The highest BCUT2D eigenvalue weighted by Crippen LogP contribution is 2.27. The number of rotatable bonds is 9. The van der Waals surface area contributed by atoms with Crippen LogP contribution in [0.25, 0.3) is 15.9 Å². The first-order valence-electron chi connectivity index (χ1n) is 11.4. The maximum Gasteiger partial charge on any atom is 0.251 e. The van der Waals surface area contributed by atoms with Crippen molar-refractivity contribution in [2.75, 3.05) is 18.2 Å². The molecule has 2 N–H and O–H groups in total. The minimum atomic E-state index is -0.265. The largest absolute Gasteiger partial charge is 0.497 e. The first-order valence-corrected chi connectivity index (χ1v) is 14.0. The van der Waals surface area contributed by atoms with Crippen LogP contribution in [0.1, 0.15) is 16.2 Å². The van der Waals surface area contributed by atoms with Crippen LogP contribution in [0.15, 0.2) is 82.4 Å². The predicted molar refractivity (Wildman–Crippen MR) is 152 cm³/mol. The molecule has 0 radical (unpaired) electrons. The van der Waals surface area contributed by atoms with Gasteiger partial charge in [-0.1, -0.05) is 57.2 Å². The predicted octanol–water partition coefficient (Wildman–Crippen LogP) is 5.31. The van der Waals surface area contributed by atoms with E-state index < -0.39 is 0 Å². The molecule has 0 spiro atoms. The smallest absolute Gasteiger partial charge is 0.251 e. The highest BCUT2D eigenvalue weighted by molar-refractivity contribution is 9.10. The molecule has 0 unspecified atom stereocenters. The van der Waals surface area contributed by atoms with Crippen LogP contribution in [0.4, 0.5) is 5.13 Å². The number of aromatic nitrogens is 4. The molecule has 12 heteroatoms. The van der Waals surface area contributed by atoms with Gasteiger partial charge in [0.1, 0.15) is 5.75 Å². The van der Waals surface area contributed by atoms with Crippen LogP contribution in [0.2, 0.25) is 0 Å². The number of thiazole rings is 1. The van der Waals surface area contributed by atoms with Crippen LogP contribution < -0.4 is 15.4 Å². The third-order valence-electron chi connectivity index (χ3n) is 5.40. The lowest BCUT2D eigenvalue weighted by Crippen LogP contribution is -2.24. The van der Waals surface area contributed by atoms with Crippen LogP contribution in [-0.2, 0) is 11.3 Å². The summed E-state index contributed by atoms with van der Waals surface area (Å²) < 4.78 is 8.96. The van der Waals surface area contributed by atoms with Gasteiger partial charge in [-0.15, -0.1) is 10.2 Å². The van der Waals surface area contributed by atoms with Gasteiger partial charge in [-0.2, -0.15) is 0 Å². The molecule has 3 aromatic carbocycles. The summed E-state index contributed by atoms with van der Waals surface area (Å²) in [6, 6.07) is 22.3. The van der Waals surface area contributed by atoms with Crippen molar-refractivity contribution >= 4 is 66.2 Å². The first kappa shape index (κ1) is 25.9. The molecule has 0 fully saturated rings. The second-order valence-corrected chi connectivity index (χ2v) is 10.8. The molecule has 0 saturated carbocycles. The SMILES string of the molecule is COc1cccc(C(=O)NCc2nnc(SCC(=O)Nc3nc4ccccc4s3)n2-c2ccc(Br)cc2)c1. The molecule has 5 rings (SSSR count). The lowest BCUT2D eigenvalue weighted by Gasteiger charge is -2.11. The van der Waals surface area contributed by atoms with E-state index in [0.717, 1.165) is 20.4 Å². The van der Waals surface area contributed by atoms with Crippen molar-refractivity contribution in [2.45, 2.75) is 11.7 Å². The van der Waals surface area contributed by atoms with Crippen molar-refractivity contribution in [1.29, 1.82) is 0 Å². The molecule has 5 aromatic rings. The minimum absolute atomic E-state index is 0.112. The van der Waals surface area contributed by atoms with Crippen molar-refractivity contribution in [2.24, 2.45) is 0 Å². The fourth-order valence-electron chi connectivity index (χ4n) is 3.59. The van der Waals surface area contributed by atoms with Crippen LogP contribution in [0.3, 0.4) is 0 Å². The lowest BCUT2D eigenvalue weighted by atomic mass is 10.2. The van der Waals surface area contributed by atoms with E-state index in [-0.39, 0.29) is 24.1 Å². The number of anilines is 1. The third-order valence-corrected chi connectivity index (χ3v) is 7.81. The monoisotopic (exact) mass is 608 g/mol. The number of hydrogen-bond donors (Lipinski definition) is 2. The molecule has 0 aliphatic heterocycles. The molecule has 0 aliphatic carbocycles. The van der Waals surface area contributed by atoms with E-state index in [1.807, 2.05) is 53.1 Å². The fourth-order valence-corrected chi connectivity index (χ4v) is 5.51.